The molecule has 0 radical (unpaired) electrons. The number of nitrogens with zero attached hydrogens (tertiary/aromatic N) is 2. The van der Waals surface area contributed by atoms with Crippen LogP contribution in [0.4, 0.5) is 4.39 Å². The van der Waals surface area contributed by atoms with E-state index in [1.807, 2.05) is 27.7 Å². The van der Waals surface area contributed by atoms with Crippen molar-refractivity contribution in [2.24, 2.45) is 11.8 Å². The zero-order chi connectivity index (χ0) is 24.1. The molecule has 0 spiro atoms. The van der Waals surface area contributed by atoms with Crippen molar-refractivity contribution in [2.45, 2.75) is 59.1 Å². The number of aromatic nitrogens is 2. The third-order valence-electron chi connectivity index (χ3n) is 5.26. The van der Waals surface area contributed by atoms with Crippen LogP contribution in [0, 0.1) is 17.7 Å². The van der Waals surface area contributed by atoms with Gasteiger partial charge in [0.05, 0.1) is 12.0 Å². The second-order valence-corrected chi connectivity index (χ2v) is 8.93. The highest BCUT2D eigenvalue weighted by atomic mass is 19.1. The lowest BCUT2D eigenvalue weighted by Gasteiger charge is -2.27. The van der Waals surface area contributed by atoms with Gasteiger partial charge >= 0.3 is 5.97 Å². The van der Waals surface area contributed by atoms with Crippen LogP contribution < -0.4 is 10.1 Å². The van der Waals surface area contributed by atoms with Gasteiger partial charge in [-0.2, -0.15) is 9.78 Å². The number of rotatable bonds is 11. The molecule has 2 rings (SSSR count). The number of halogens is 1. The molecule has 2 atom stereocenters. The van der Waals surface area contributed by atoms with Crippen LogP contribution in [-0.4, -0.2) is 50.1 Å². The van der Waals surface area contributed by atoms with Gasteiger partial charge in [-0.3, -0.25) is 9.59 Å². The third kappa shape index (κ3) is 6.78. The van der Waals surface area contributed by atoms with Gasteiger partial charge in [-0.25, -0.2) is 4.39 Å². The monoisotopic (exact) mass is 449 g/mol. The molecule has 0 bridgehead atoms. The number of carboxylic acids is 1. The predicted octanol–water partition coefficient (Wildman–Crippen LogP) is 3.42. The number of carbonyl (C=O) groups is 2. The van der Waals surface area contributed by atoms with Gasteiger partial charge in [0, 0.05) is 12.1 Å². The molecular weight excluding hydrogens is 417 g/mol. The summed E-state index contributed by atoms with van der Waals surface area (Å²) in [6, 6.07) is 6.68. The quantitative estimate of drug-likeness (QED) is 0.484. The van der Waals surface area contributed by atoms with Crippen molar-refractivity contribution in [3.8, 4) is 11.6 Å². The van der Waals surface area contributed by atoms with Crippen LogP contribution in [0.3, 0.4) is 0 Å². The summed E-state index contributed by atoms with van der Waals surface area (Å²) in [6.07, 6.45) is 0.255. The second-order valence-electron chi connectivity index (χ2n) is 8.93. The van der Waals surface area contributed by atoms with Crippen molar-refractivity contribution >= 4 is 11.9 Å². The van der Waals surface area contributed by atoms with E-state index in [4.69, 9.17) is 9.84 Å². The molecule has 1 aromatic heterocycles. The topological polar surface area (TPSA) is 114 Å². The molecule has 176 valence electrons. The SMILES string of the molecule is CC(C)CC(CC(=O)O)NC(=O)c1cc(OC[C@](C)(O)C(C)C)n(-c2ccccc2F)n1. The molecule has 3 N–H and O–H groups in total. The zero-order valence-corrected chi connectivity index (χ0v) is 19.1. The third-order valence-corrected chi connectivity index (χ3v) is 5.26. The van der Waals surface area contributed by atoms with Crippen LogP contribution in [0.25, 0.3) is 5.69 Å². The van der Waals surface area contributed by atoms with Crippen molar-refractivity contribution in [3.63, 3.8) is 0 Å². The van der Waals surface area contributed by atoms with Gasteiger partial charge in [-0.15, -0.1) is 0 Å². The lowest BCUT2D eigenvalue weighted by atomic mass is 9.94. The van der Waals surface area contributed by atoms with Crippen molar-refractivity contribution in [3.05, 3.63) is 41.8 Å². The molecule has 8 nitrogen and oxygen atoms in total. The Morgan fingerprint density at radius 2 is 1.91 bits per heavy atom. The Balaban J connectivity index is 2.36. The summed E-state index contributed by atoms with van der Waals surface area (Å²) in [4.78, 5) is 24.0. The Hall–Kier alpha value is -2.94. The summed E-state index contributed by atoms with van der Waals surface area (Å²) in [7, 11) is 0. The number of hydrogen-bond acceptors (Lipinski definition) is 5. The van der Waals surface area contributed by atoms with Crippen LogP contribution in [0.1, 0.15) is 57.9 Å². The van der Waals surface area contributed by atoms with Gasteiger partial charge in [0.2, 0.25) is 5.88 Å². The Morgan fingerprint density at radius 1 is 1.25 bits per heavy atom. The minimum Gasteiger partial charge on any atom is -0.481 e. The fourth-order valence-electron chi connectivity index (χ4n) is 2.99. The molecule has 0 aliphatic heterocycles. The minimum absolute atomic E-state index is 0.0495. The predicted molar refractivity (Wildman–Crippen MR) is 117 cm³/mol. The number of hydrogen-bond donors (Lipinski definition) is 3. The molecule has 32 heavy (non-hydrogen) atoms. The summed E-state index contributed by atoms with van der Waals surface area (Å²) in [5.41, 5.74) is -1.13. The zero-order valence-electron chi connectivity index (χ0n) is 19.1. The fourth-order valence-corrected chi connectivity index (χ4v) is 2.99. The van der Waals surface area contributed by atoms with E-state index >= 15 is 0 Å². The average Bonchev–Trinajstić information content (AvgIpc) is 3.10. The smallest absolute Gasteiger partial charge is 0.305 e. The number of amides is 1. The molecule has 0 saturated carbocycles. The van der Waals surface area contributed by atoms with E-state index in [0.717, 1.165) is 4.68 Å². The summed E-state index contributed by atoms with van der Waals surface area (Å²) in [5.74, 6) is -2.03. The molecule has 0 aliphatic carbocycles. The van der Waals surface area contributed by atoms with Crippen molar-refractivity contribution in [2.75, 3.05) is 6.61 Å². The van der Waals surface area contributed by atoms with Crippen molar-refractivity contribution < 1.29 is 28.9 Å². The van der Waals surface area contributed by atoms with Crippen LogP contribution >= 0.6 is 0 Å². The summed E-state index contributed by atoms with van der Waals surface area (Å²) in [5, 5.41) is 26.6. The highest BCUT2D eigenvalue weighted by molar-refractivity contribution is 5.93. The molecule has 0 saturated heterocycles. The Morgan fingerprint density at radius 3 is 2.47 bits per heavy atom. The molecule has 2 aromatic rings. The summed E-state index contributed by atoms with van der Waals surface area (Å²) < 4.78 is 21.3. The number of carboxylic acid groups (broad SMARTS) is 1. The lowest BCUT2D eigenvalue weighted by Crippen LogP contribution is -2.38. The Bertz CT molecular complexity index is 939. The average molecular weight is 450 g/mol. The Labute approximate surface area is 187 Å². The van der Waals surface area contributed by atoms with Gasteiger partial charge in [0.15, 0.2) is 5.69 Å². The molecule has 1 heterocycles. The summed E-state index contributed by atoms with van der Waals surface area (Å²) in [6.45, 7) is 9.07. The van der Waals surface area contributed by atoms with Crippen LogP contribution in [0.15, 0.2) is 30.3 Å². The van der Waals surface area contributed by atoms with E-state index in [9.17, 15) is 19.1 Å². The second kappa shape index (κ2) is 10.6. The van der Waals surface area contributed by atoms with Gasteiger partial charge in [0.25, 0.3) is 5.91 Å². The standard InChI is InChI=1S/C23H32FN3O5/c1-14(2)10-16(11-21(28)29)25-22(30)18-12-20(32-13-23(5,31)15(3)4)27(26-18)19-9-7-6-8-17(19)24/h6-9,12,14-16,31H,10-11,13H2,1-5H3,(H,25,30)(H,28,29)/t16?,23-/m0/s1. The van der Waals surface area contributed by atoms with E-state index in [2.05, 4.69) is 10.4 Å². The maximum Gasteiger partial charge on any atom is 0.305 e. The first-order valence-corrected chi connectivity index (χ1v) is 10.6. The van der Waals surface area contributed by atoms with E-state index in [1.165, 1.54) is 24.3 Å². The van der Waals surface area contributed by atoms with Crippen LogP contribution in [0.5, 0.6) is 5.88 Å². The van der Waals surface area contributed by atoms with Crippen molar-refractivity contribution in [1.82, 2.24) is 15.1 Å². The van der Waals surface area contributed by atoms with E-state index in [-0.39, 0.29) is 42.1 Å². The first-order chi connectivity index (χ1) is 14.9. The van der Waals surface area contributed by atoms with Gasteiger partial charge in [0.1, 0.15) is 18.1 Å². The van der Waals surface area contributed by atoms with Crippen LogP contribution in [-0.2, 0) is 4.79 Å². The molecule has 1 aromatic carbocycles. The largest absolute Gasteiger partial charge is 0.481 e. The highest BCUT2D eigenvalue weighted by Gasteiger charge is 2.28. The molecular formula is C23H32FN3O5. The fraction of sp³-hybridized carbons (Fsp3) is 0.522. The normalized spacial score (nSPS) is 14.3. The molecule has 0 aliphatic rings. The first kappa shape index (κ1) is 25.3. The summed E-state index contributed by atoms with van der Waals surface area (Å²) >= 11 is 0. The van der Waals surface area contributed by atoms with E-state index < -0.39 is 29.3 Å². The lowest BCUT2D eigenvalue weighted by molar-refractivity contribution is -0.137. The van der Waals surface area contributed by atoms with Gasteiger partial charge < -0.3 is 20.3 Å². The number of carbonyl (C=O) groups excluding carboxylic acids is 1. The highest BCUT2D eigenvalue weighted by Crippen LogP contribution is 2.25. The van der Waals surface area contributed by atoms with E-state index in [0.29, 0.717) is 6.42 Å². The number of ether oxygens (including phenoxy) is 1. The number of nitrogens with one attached hydrogen (secondary N) is 1. The molecule has 0 fully saturated rings. The van der Waals surface area contributed by atoms with Crippen molar-refractivity contribution in [1.29, 1.82) is 0 Å². The first-order valence-electron chi connectivity index (χ1n) is 10.6. The minimum atomic E-state index is -1.16. The number of aliphatic hydroxyl groups is 1. The Kier molecular flexibility index (Phi) is 8.38. The number of aliphatic carboxylic acids is 1. The number of benzene rings is 1. The maximum atomic E-state index is 14.4. The number of para-hydroxylation sites is 1. The maximum absolute atomic E-state index is 14.4. The van der Waals surface area contributed by atoms with Crippen LogP contribution in [0.2, 0.25) is 0 Å². The molecule has 1 unspecified atom stereocenters. The van der Waals surface area contributed by atoms with Gasteiger partial charge in [-0.1, -0.05) is 39.8 Å². The molecule has 9 heteroatoms. The van der Waals surface area contributed by atoms with Gasteiger partial charge in [-0.05, 0) is 37.3 Å². The molecule has 1 amide bonds. The van der Waals surface area contributed by atoms with E-state index in [1.54, 1.807) is 13.0 Å².